The van der Waals surface area contributed by atoms with E-state index in [1.165, 1.54) is 0 Å². The molecule has 0 fully saturated rings. The lowest BCUT2D eigenvalue weighted by Crippen LogP contribution is -2.42. The monoisotopic (exact) mass is 497 g/mol. The summed E-state index contributed by atoms with van der Waals surface area (Å²) in [4.78, 5) is 4.40. The van der Waals surface area contributed by atoms with Crippen LogP contribution in [-0.2, 0) is 9.84 Å². The Morgan fingerprint density at radius 3 is 2.35 bits per heavy atom. The summed E-state index contributed by atoms with van der Waals surface area (Å²) in [6, 6.07) is 9.46. The molecule has 150 valence electrons. The lowest BCUT2D eigenvalue weighted by molar-refractivity contribution is 0.170. The number of aliphatic hydroxyl groups excluding tert-OH is 1. The van der Waals surface area contributed by atoms with E-state index in [1.807, 2.05) is 37.3 Å². The van der Waals surface area contributed by atoms with Gasteiger partial charge in [0.25, 0.3) is 0 Å². The van der Waals surface area contributed by atoms with Crippen LogP contribution in [0.4, 0.5) is 0 Å². The summed E-state index contributed by atoms with van der Waals surface area (Å²) < 4.78 is 23.5. The van der Waals surface area contributed by atoms with Crippen molar-refractivity contribution >= 4 is 39.8 Å². The van der Waals surface area contributed by atoms with Crippen molar-refractivity contribution in [3.8, 4) is 0 Å². The first kappa shape index (κ1) is 25.1. The van der Waals surface area contributed by atoms with Crippen molar-refractivity contribution in [1.29, 1.82) is 0 Å². The van der Waals surface area contributed by atoms with E-state index in [0.717, 1.165) is 5.56 Å². The van der Waals surface area contributed by atoms with Crippen molar-refractivity contribution in [2.75, 3.05) is 25.4 Å². The molecule has 0 spiro atoms. The summed E-state index contributed by atoms with van der Waals surface area (Å²) in [5.41, 5.74) is 0.868. The van der Waals surface area contributed by atoms with Gasteiger partial charge in [0.1, 0.15) is 0 Å². The first-order valence-corrected chi connectivity index (χ1v) is 10.3. The van der Waals surface area contributed by atoms with Crippen molar-refractivity contribution in [2.24, 2.45) is 4.99 Å². The molecule has 0 heterocycles. The number of hydrogen-bond donors (Lipinski definition) is 3. The third-order valence-corrected chi connectivity index (χ3v) is 6.40. The molecule has 0 saturated carbocycles. The average Bonchev–Trinajstić information content (AvgIpc) is 2.54. The third-order valence-electron chi connectivity index (χ3n) is 3.80. The quantitative estimate of drug-likeness (QED) is 0.292. The molecule has 26 heavy (non-hydrogen) atoms. The van der Waals surface area contributed by atoms with Crippen LogP contribution in [0.15, 0.2) is 35.3 Å². The molecule has 0 aromatic heterocycles. The minimum absolute atomic E-state index is 0. The highest BCUT2D eigenvalue weighted by Gasteiger charge is 2.28. The predicted molar refractivity (Wildman–Crippen MR) is 119 cm³/mol. The summed E-state index contributed by atoms with van der Waals surface area (Å²) in [5, 5.41) is 16.3. The number of aliphatic imine (C=N–C) groups is 1. The number of aliphatic hydroxyl groups is 1. The molecule has 1 aromatic rings. The fraction of sp³-hybridized carbons (Fsp3) is 0.611. The van der Waals surface area contributed by atoms with Crippen LogP contribution in [0.3, 0.4) is 0 Å². The van der Waals surface area contributed by atoms with Crippen LogP contribution < -0.4 is 10.6 Å². The second-order valence-corrected chi connectivity index (χ2v) is 9.70. The van der Waals surface area contributed by atoms with E-state index in [-0.39, 0.29) is 29.7 Å². The summed E-state index contributed by atoms with van der Waals surface area (Å²) in [5.74, 6) is 0.611. The Hall–Kier alpha value is -0.870. The number of hydrogen-bond acceptors (Lipinski definition) is 4. The van der Waals surface area contributed by atoms with Crippen molar-refractivity contribution in [3.63, 3.8) is 0 Å². The van der Waals surface area contributed by atoms with Gasteiger partial charge in [0.15, 0.2) is 15.8 Å². The van der Waals surface area contributed by atoms with E-state index >= 15 is 0 Å². The number of halogens is 1. The van der Waals surface area contributed by atoms with E-state index < -0.39 is 20.7 Å². The molecule has 0 radical (unpaired) electrons. The van der Waals surface area contributed by atoms with Gasteiger partial charge in [-0.3, -0.25) is 4.99 Å². The fourth-order valence-corrected chi connectivity index (χ4v) is 3.08. The summed E-state index contributed by atoms with van der Waals surface area (Å²) >= 11 is 0. The van der Waals surface area contributed by atoms with Crippen LogP contribution in [0, 0.1) is 0 Å². The van der Waals surface area contributed by atoms with Gasteiger partial charge in [0.05, 0.1) is 16.6 Å². The second kappa shape index (κ2) is 11.8. The smallest absolute Gasteiger partial charge is 0.191 e. The Balaban J connectivity index is 0.00000625. The van der Waals surface area contributed by atoms with Crippen molar-refractivity contribution < 1.29 is 13.5 Å². The molecular weight excluding hydrogens is 465 g/mol. The topological polar surface area (TPSA) is 90.8 Å². The first-order valence-electron chi connectivity index (χ1n) is 8.65. The molecule has 3 N–H and O–H groups in total. The van der Waals surface area contributed by atoms with Gasteiger partial charge in [0.2, 0.25) is 0 Å². The molecule has 0 amide bonds. The highest BCUT2D eigenvalue weighted by molar-refractivity contribution is 14.0. The maximum atomic E-state index is 12.1. The van der Waals surface area contributed by atoms with Crippen LogP contribution in [0.2, 0.25) is 0 Å². The Morgan fingerprint density at radius 2 is 1.81 bits per heavy atom. The highest BCUT2D eigenvalue weighted by atomic mass is 127. The number of rotatable bonds is 8. The van der Waals surface area contributed by atoms with Crippen molar-refractivity contribution in [2.45, 2.75) is 45.0 Å². The predicted octanol–water partition coefficient (Wildman–Crippen LogP) is 2.50. The Labute approximate surface area is 174 Å². The lowest BCUT2D eigenvalue weighted by atomic mass is 10.1. The first-order chi connectivity index (χ1) is 11.7. The minimum Gasteiger partial charge on any atom is -0.388 e. The normalized spacial score (nSPS) is 13.7. The summed E-state index contributed by atoms with van der Waals surface area (Å²) in [6.45, 7) is 8.47. The Morgan fingerprint density at radius 1 is 1.19 bits per heavy atom. The zero-order valence-electron chi connectivity index (χ0n) is 16.0. The molecule has 6 nitrogen and oxygen atoms in total. The molecule has 1 aromatic carbocycles. The number of benzene rings is 1. The lowest BCUT2D eigenvalue weighted by Gasteiger charge is -2.20. The molecule has 1 rings (SSSR count). The molecule has 0 saturated heterocycles. The maximum Gasteiger partial charge on any atom is 0.191 e. The van der Waals surface area contributed by atoms with Crippen LogP contribution >= 0.6 is 24.0 Å². The number of guanidine groups is 1. The van der Waals surface area contributed by atoms with Crippen molar-refractivity contribution in [1.82, 2.24) is 10.6 Å². The summed E-state index contributed by atoms with van der Waals surface area (Å²) in [7, 11) is -3.16. The molecule has 0 aliphatic rings. The maximum absolute atomic E-state index is 12.1. The third kappa shape index (κ3) is 8.68. The van der Waals surface area contributed by atoms with Gasteiger partial charge in [-0.05, 0) is 39.7 Å². The standard InChI is InChI=1S/C18H31N3O3S.HI/c1-5-19-17(21-13-14-25(23,24)18(2,3)4)20-12-11-16(22)15-9-7-6-8-10-15;/h6-10,16,22H,5,11-14H2,1-4H3,(H2,19,20,21);1H. The van der Waals surface area contributed by atoms with Crippen LogP contribution in [0.5, 0.6) is 0 Å². The van der Waals surface area contributed by atoms with E-state index in [0.29, 0.717) is 32.0 Å². The highest BCUT2D eigenvalue weighted by Crippen LogP contribution is 2.16. The molecule has 1 atom stereocenters. The Kier molecular flexibility index (Phi) is 11.4. The zero-order chi connectivity index (χ0) is 18.9. The fourth-order valence-electron chi connectivity index (χ4n) is 2.09. The van der Waals surface area contributed by atoms with E-state index in [4.69, 9.17) is 0 Å². The number of nitrogens with zero attached hydrogens (tertiary/aromatic N) is 1. The van der Waals surface area contributed by atoms with Crippen LogP contribution in [0.25, 0.3) is 0 Å². The van der Waals surface area contributed by atoms with Gasteiger partial charge in [-0.15, -0.1) is 24.0 Å². The molecule has 0 aliphatic heterocycles. The van der Waals surface area contributed by atoms with Gasteiger partial charge < -0.3 is 15.7 Å². The molecule has 8 heteroatoms. The van der Waals surface area contributed by atoms with Gasteiger partial charge in [-0.25, -0.2) is 8.42 Å². The van der Waals surface area contributed by atoms with Crippen LogP contribution in [-0.4, -0.2) is 49.6 Å². The van der Waals surface area contributed by atoms with Crippen molar-refractivity contribution in [3.05, 3.63) is 35.9 Å². The van der Waals surface area contributed by atoms with Gasteiger partial charge in [-0.1, -0.05) is 30.3 Å². The van der Waals surface area contributed by atoms with Gasteiger partial charge in [0, 0.05) is 19.6 Å². The number of sulfone groups is 1. The molecule has 0 bridgehead atoms. The van der Waals surface area contributed by atoms with E-state index in [9.17, 15) is 13.5 Å². The molecule has 1 unspecified atom stereocenters. The molecular formula is C18H32IN3O3S. The van der Waals surface area contributed by atoms with Gasteiger partial charge in [-0.2, -0.15) is 0 Å². The number of nitrogens with one attached hydrogen (secondary N) is 2. The second-order valence-electron chi connectivity index (χ2n) is 6.83. The zero-order valence-corrected chi connectivity index (χ0v) is 19.2. The largest absolute Gasteiger partial charge is 0.388 e. The molecule has 0 aliphatic carbocycles. The summed E-state index contributed by atoms with van der Waals surface area (Å²) in [6.07, 6.45) is -0.0602. The van der Waals surface area contributed by atoms with Crippen LogP contribution in [0.1, 0.15) is 45.8 Å². The van der Waals surface area contributed by atoms with E-state index in [2.05, 4.69) is 15.6 Å². The van der Waals surface area contributed by atoms with E-state index in [1.54, 1.807) is 20.8 Å². The SMILES string of the molecule is CCNC(=NCCC(O)c1ccccc1)NCCS(=O)(=O)C(C)(C)C.I. The van der Waals surface area contributed by atoms with Gasteiger partial charge >= 0.3 is 0 Å². The minimum atomic E-state index is -3.16. The Bertz CT molecular complexity index is 643. The average molecular weight is 497 g/mol.